The number of pyridine rings is 1. The van der Waals surface area contributed by atoms with Gasteiger partial charge in [0.1, 0.15) is 12.4 Å². The molecule has 4 nitrogen and oxygen atoms in total. The maximum Gasteiger partial charge on any atom is 0.130 e. The van der Waals surface area contributed by atoms with E-state index >= 15 is 0 Å². The number of aromatic nitrogens is 1. The number of nitrogens with zero attached hydrogens (tertiary/aromatic N) is 1. The molecule has 136 valence electrons. The lowest BCUT2D eigenvalue weighted by Gasteiger charge is -2.19. The Hall–Kier alpha value is -1.91. The Morgan fingerprint density at radius 1 is 1.16 bits per heavy atom. The fourth-order valence-corrected chi connectivity index (χ4v) is 3.05. The number of benzene rings is 1. The van der Waals surface area contributed by atoms with Crippen molar-refractivity contribution in [1.82, 2.24) is 10.3 Å². The zero-order valence-corrected chi connectivity index (χ0v) is 15.7. The number of hydrogen-bond acceptors (Lipinski definition) is 4. The molecule has 2 N–H and O–H groups in total. The minimum absolute atomic E-state index is 0.140. The van der Waals surface area contributed by atoms with Crippen molar-refractivity contribution in [3.05, 3.63) is 58.9 Å². The first-order valence-corrected chi connectivity index (χ1v) is 8.96. The van der Waals surface area contributed by atoms with Gasteiger partial charge in [0.05, 0.1) is 12.3 Å². The highest BCUT2D eigenvalue weighted by Gasteiger charge is 2.11. The molecule has 0 aliphatic rings. The monoisotopic (exact) mass is 342 g/mol. The van der Waals surface area contributed by atoms with Crippen molar-refractivity contribution in [2.24, 2.45) is 5.92 Å². The van der Waals surface area contributed by atoms with Crippen LogP contribution < -0.4 is 10.1 Å². The fourth-order valence-electron chi connectivity index (χ4n) is 3.05. The normalized spacial score (nSPS) is 12.4. The van der Waals surface area contributed by atoms with E-state index in [1.54, 1.807) is 6.20 Å². The predicted molar refractivity (Wildman–Crippen MR) is 102 cm³/mol. The molecule has 0 aliphatic heterocycles. The van der Waals surface area contributed by atoms with Gasteiger partial charge in [-0.3, -0.25) is 4.98 Å². The SMILES string of the molecule is Cc1cc(CNC(CO)CC(C)C)cc(C)c1OCc1ccccn1. The first-order chi connectivity index (χ1) is 12.0. The van der Waals surface area contributed by atoms with Crippen molar-refractivity contribution in [3.63, 3.8) is 0 Å². The molecule has 2 rings (SSSR count). The van der Waals surface area contributed by atoms with Crippen molar-refractivity contribution in [3.8, 4) is 5.75 Å². The summed E-state index contributed by atoms with van der Waals surface area (Å²) < 4.78 is 5.99. The van der Waals surface area contributed by atoms with Crippen LogP contribution in [0.1, 0.15) is 42.7 Å². The number of rotatable bonds is 9. The van der Waals surface area contributed by atoms with Crippen LogP contribution in [0.2, 0.25) is 0 Å². The number of aryl methyl sites for hydroxylation is 2. The third kappa shape index (κ3) is 6.15. The first kappa shape index (κ1) is 19.4. The predicted octanol–water partition coefficient (Wildman–Crippen LogP) is 3.77. The smallest absolute Gasteiger partial charge is 0.130 e. The highest BCUT2D eigenvalue weighted by molar-refractivity contribution is 5.43. The number of hydrogen-bond donors (Lipinski definition) is 2. The van der Waals surface area contributed by atoms with Gasteiger partial charge < -0.3 is 15.2 Å². The summed E-state index contributed by atoms with van der Waals surface area (Å²) in [5, 5.41) is 12.9. The van der Waals surface area contributed by atoms with Crippen LogP contribution in [0.4, 0.5) is 0 Å². The van der Waals surface area contributed by atoms with Crippen molar-refractivity contribution in [1.29, 1.82) is 0 Å². The van der Waals surface area contributed by atoms with E-state index in [0.717, 1.165) is 35.5 Å². The number of aliphatic hydroxyl groups is 1. The average molecular weight is 342 g/mol. The summed E-state index contributed by atoms with van der Waals surface area (Å²) >= 11 is 0. The molecule has 0 amide bonds. The molecule has 0 spiro atoms. The van der Waals surface area contributed by atoms with Crippen LogP contribution in [0.15, 0.2) is 36.5 Å². The molecule has 1 aromatic heterocycles. The maximum atomic E-state index is 9.50. The van der Waals surface area contributed by atoms with E-state index in [9.17, 15) is 5.11 Å². The van der Waals surface area contributed by atoms with E-state index in [2.05, 4.69) is 50.1 Å². The summed E-state index contributed by atoms with van der Waals surface area (Å²) in [7, 11) is 0. The summed E-state index contributed by atoms with van der Waals surface area (Å²) in [6.07, 6.45) is 2.75. The van der Waals surface area contributed by atoms with Gasteiger partial charge in [-0.1, -0.05) is 32.0 Å². The molecule has 0 aliphatic carbocycles. The average Bonchev–Trinajstić information content (AvgIpc) is 2.58. The molecule has 25 heavy (non-hydrogen) atoms. The second-order valence-electron chi connectivity index (χ2n) is 7.06. The number of ether oxygens (including phenoxy) is 1. The van der Waals surface area contributed by atoms with Crippen molar-refractivity contribution >= 4 is 0 Å². The van der Waals surface area contributed by atoms with Crippen LogP contribution in [0.3, 0.4) is 0 Å². The van der Waals surface area contributed by atoms with Crippen LogP contribution in [0, 0.1) is 19.8 Å². The lowest BCUT2D eigenvalue weighted by atomic mass is 10.0. The molecular weight excluding hydrogens is 312 g/mol. The number of aliphatic hydroxyl groups excluding tert-OH is 1. The van der Waals surface area contributed by atoms with Crippen LogP contribution in [0.5, 0.6) is 5.75 Å². The zero-order valence-electron chi connectivity index (χ0n) is 15.7. The molecule has 1 unspecified atom stereocenters. The molecule has 1 aromatic carbocycles. The van der Waals surface area contributed by atoms with E-state index in [1.807, 2.05) is 18.2 Å². The molecule has 0 bridgehead atoms. The zero-order chi connectivity index (χ0) is 18.2. The van der Waals surface area contributed by atoms with Crippen molar-refractivity contribution < 1.29 is 9.84 Å². The molecule has 0 saturated carbocycles. The van der Waals surface area contributed by atoms with Gasteiger partial charge in [-0.05, 0) is 55.0 Å². The number of nitrogens with one attached hydrogen (secondary N) is 1. The van der Waals surface area contributed by atoms with E-state index in [0.29, 0.717) is 12.5 Å². The quantitative estimate of drug-likeness (QED) is 0.728. The molecule has 0 fully saturated rings. The molecule has 1 atom stereocenters. The fraction of sp³-hybridized carbons (Fsp3) is 0.476. The van der Waals surface area contributed by atoms with Gasteiger partial charge >= 0.3 is 0 Å². The molecule has 0 saturated heterocycles. The molecular formula is C21H30N2O2. The van der Waals surface area contributed by atoms with Gasteiger partial charge in [0.25, 0.3) is 0 Å². The lowest BCUT2D eigenvalue weighted by molar-refractivity contribution is 0.223. The summed E-state index contributed by atoms with van der Waals surface area (Å²) in [5.41, 5.74) is 4.38. The van der Waals surface area contributed by atoms with E-state index in [-0.39, 0.29) is 12.6 Å². The van der Waals surface area contributed by atoms with Crippen molar-refractivity contribution in [2.45, 2.75) is 53.3 Å². The van der Waals surface area contributed by atoms with Gasteiger partial charge in [0.15, 0.2) is 0 Å². The Balaban J connectivity index is 1.99. The summed E-state index contributed by atoms with van der Waals surface area (Å²) in [6, 6.07) is 10.3. The minimum atomic E-state index is 0.140. The van der Waals surface area contributed by atoms with Crippen molar-refractivity contribution in [2.75, 3.05) is 6.61 Å². The Bertz CT molecular complexity index is 633. The van der Waals surface area contributed by atoms with E-state index < -0.39 is 0 Å². The van der Waals surface area contributed by atoms with Gasteiger partial charge in [0, 0.05) is 18.8 Å². The van der Waals surface area contributed by atoms with Crippen LogP contribution in [-0.2, 0) is 13.2 Å². The van der Waals surface area contributed by atoms with Crippen LogP contribution in [-0.4, -0.2) is 22.7 Å². The molecule has 2 aromatic rings. The van der Waals surface area contributed by atoms with E-state index in [4.69, 9.17) is 4.74 Å². The minimum Gasteiger partial charge on any atom is -0.487 e. The Labute approximate surface area is 151 Å². The second kappa shape index (κ2) is 9.54. The topological polar surface area (TPSA) is 54.4 Å². The standard InChI is InChI=1S/C21H30N2O2/c1-15(2)9-20(13-24)23-12-18-10-16(3)21(17(4)11-18)25-14-19-7-5-6-8-22-19/h5-8,10-11,15,20,23-24H,9,12-14H2,1-4H3. The van der Waals surface area contributed by atoms with E-state index in [1.165, 1.54) is 5.56 Å². The summed E-state index contributed by atoms with van der Waals surface area (Å²) in [4.78, 5) is 4.29. The first-order valence-electron chi connectivity index (χ1n) is 8.96. The summed E-state index contributed by atoms with van der Waals surface area (Å²) in [5.74, 6) is 1.49. The van der Waals surface area contributed by atoms with Gasteiger partial charge in [-0.15, -0.1) is 0 Å². The van der Waals surface area contributed by atoms with Gasteiger partial charge in [-0.25, -0.2) is 0 Å². The second-order valence-corrected chi connectivity index (χ2v) is 7.06. The largest absolute Gasteiger partial charge is 0.487 e. The maximum absolute atomic E-state index is 9.50. The summed E-state index contributed by atoms with van der Waals surface area (Å²) in [6.45, 7) is 9.88. The van der Waals surface area contributed by atoms with Gasteiger partial charge in [-0.2, -0.15) is 0 Å². The Morgan fingerprint density at radius 3 is 2.44 bits per heavy atom. The Kier molecular flexibility index (Phi) is 7.41. The van der Waals surface area contributed by atoms with Gasteiger partial charge in [0.2, 0.25) is 0 Å². The third-order valence-corrected chi connectivity index (χ3v) is 4.18. The highest BCUT2D eigenvalue weighted by atomic mass is 16.5. The molecule has 0 radical (unpaired) electrons. The Morgan fingerprint density at radius 2 is 1.88 bits per heavy atom. The van der Waals surface area contributed by atoms with Crippen LogP contribution >= 0.6 is 0 Å². The molecule has 1 heterocycles. The lowest BCUT2D eigenvalue weighted by Crippen LogP contribution is -2.33. The third-order valence-electron chi connectivity index (χ3n) is 4.18. The highest BCUT2D eigenvalue weighted by Crippen LogP contribution is 2.25. The molecule has 4 heteroatoms. The van der Waals surface area contributed by atoms with Crippen LogP contribution in [0.25, 0.3) is 0 Å².